The van der Waals surface area contributed by atoms with Gasteiger partial charge in [0.2, 0.25) is 5.91 Å². The van der Waals surface area contributed by atoms with Gasteiger partial charge in [-0.2, -0.15) is 0 Å². The maximum Gasteiger partial charge on any atom is 0.226 e. The minimum atomic E-state index is 0.104. The van der Waals surface area contributed by atoms with Crippen molar-refractivity contribution in [2.24, 2.45) is 5.92 Å². The minimum absolute atomic E-state index is 0.104. The van der Waals surface area contributed by atoms with Crippen LogP contribution < -0.4 is 9.47 Å². The minimum Gasteiger partial charge on any atom is -0.493 e. The highest BCUT2D eigenvalue weighted by atomic mass is 79.9. The number of amides is 1. The van der Waals surface area contributed by atoms with Crippen LogP contribution in [0, 0.1) is 5.92 Å². The molecule has 0 bridgehead atoms. The molecular formula is C19H29BrN2O3. The Bertz CT molecular complexity index is 590. The molecule has 1 aliphatic heterocycles. The molecule has 5 nitrogen and oxygen atoms in total. The number of halogens is 1. The van der Waals surface area contributed by atoms with E-state index in [1.54, 1.807) is 14.2 Å². The van der Waals surface area contributed by atoms with Crippen molar-refractivity contribution in [2.45, 2.75) is 33.2 Å². The van der Waals surface area contributed by atoms with Gasteiger partial charge in [-0.15, -0.1) is 0 Å². The normalized spacial score (nSPS) is 18.0. The maximum atomic E-state index is 12.7. The molecule has 1 atom stereocenters. The summed E-state index contributed by atoms with van der Waals surface area (Å²) in [5.74, 6) is 1.84. The van der Waals surface area contributed by atoms with E-state index in [4.69, 9.17) is 9.47 Å². The predicted octanol–water partition coefficient (Wildman–Crippen LogP) is 3.55. The van der Waals surface area contributed by atoms with Crippen LogP contribution in [0.15, 0.2) is 16.6 Å². The zero-order valence-corrected chi connectivity index (χ0v) is 17.3. The maximum absolute atomic E-state index is 12.7. The van der Waals surface area contributed by atoms with Crippen LogP contribution in [0.25, 0.3) is 0 Å². The summed E-state index contributed by atoms with van der Waals surface area (Å²) in [6, 6.07) is 3.95. The van der Waals surface area contributed by atoms with E-state index in [1.165, 1.54) is 0 Å². The summed E-state index contributed by atoms with van der Waals surface area (Å²) >= 11 is 3.63. The van der Waals surface area contributed by atoms with Crippen LogP contribution in [0.2, 0.25) is 0 Å². The fourth-order valence-electron chi connectivity index (χ4n) is 3.45. The molecule has 0 radical (unpaired) electrons. The number of methoxy groups -OCH3 is 2. The lowest BCUT2D eigenvalue weighted by atomic mass is 9.96. The quantitative estimate of drug-likeness (QED) is 0.686. The molecule has 1 fully saturated rings. The number of carbonyl (C=O) groups is 1. The van der Waals surface area contributed by atoms with Gasteiger partial charge in [-0.1, -0.05) is 15.9 Å². The Labute approximate surface area is 159 Å². The second-order valence-corrected chi connectivity index (χ2v) is 7.24. The van der Waals surface area contributed by atoms with Gasteiger partial charge in [-0.3, -0.25) is 9.69 Å². The van der Waals surface area contributed by atoms with Crippen LogP contribution in [-0.2, 0) is 11.3 Å². The first-order valence-corrected chi connectivity index (χ1v) is 9.74. The highest BCUT2D eigenvalue weighted by molar-refractivity contribution is 9.10. The zero-order valence-electron chi connectivity index (χ0n) is 15.7. The van der Waals surface area contributed by atoms with Gasteiger partial charge >= 0.3 is 0 Å². The fraction of sp³-hybridized carbons (Fsp3) is 0.632. The summed E-state index contributed by atoms with van der Waals surface area (Å²) < 4.78 is 11.8. The largest absolute Gasteiger partial charge is 0.493 e. The van der Waals surface area contributed by atoms with Crippen LogP contribution in [-0.4, -0.2) is 56.1 Å². The van der Waals surface area contributed by atoms with Gasteiger partial charge < -0.3 is 14.4 Å². The van der Waals surface area contributed by atoms with Crippen molar-refractivity contribution in [1.82, 2.24) is 9.80 Å². The summed E-state index contributed by atoms with van der Waals surface area (Å²) in [5.41, 5.74) is 1.15. The second-order valence-electron chi connectivity index (χ2n) is 6.38. The molecule has 1 amide bonds. The Morgan fingerprint density at radius 1 is 1.24 bits per heavy atom. The third-order valence-corrected chi connectivity index (χ3v) is 5.61. The van der Waals surface area contributed by atoms with Gasteiger partial charge in [-0.05, 0) is 50.9 Å². The third-order valence-electron chi connectivity index (χ3n) is 4.88. The van der Waals surface area contributed by atoms with Gasteiger partial charge in [0.1, 0.15) is 0 Å². The summed E-state index contributed by atoms with van der Waals surface area (Å²) in [7, 11) is 3.28. The smallest absolute Gasteiger partial charge is 0.226 e. The Morgan fingerprint density at radius 3 is 2.48 bits per heavy atom. The Morgan fingerprint density at radius 2 is 1.88 bits per heavy atom. The molecule has 6 heteroatoms. The molecule has 0 aliphatic carbocycles. The van der Waals surface area contributed by atoms with Crippen molar-refractivity contribution >= 4 is 21.8 Å². The first kappa shape index (κ1) is 20.0. The molecule has 1 aliphatic rings. The van der Waals surface area contributed by atoms with Crippen molar-refractivity contribution < 1.29 is 14.3 Å². The van der Waals surface area contributed by atoms with Crippen molar-refractivity contribution in [3.8, 4) is 11.5 Å². The molecule has 0 spiro atoms. The number of nitrogens with zero attached hydrogens (tertiary/aromatic N) is 2. The molecular weight excluding hydrogens is 384 g/mol. The lowest BCUT2D eigenvalue weighted by molar-refractivity contribution is -0.137. The number of ether oxygens (including phenoxy) is 2. The molecule has 0 aromatic heterocycles. The Balaban J connectivity index is 2.09. The van der Waals surface area contributed by atoms with Crippen molar-refractivity contribution in [1.29, 1.82) is 0 Å². The molecule has 0 unspecified atom stereocenters. The molecule has 25 heavy (non-hydrogen) atoms. The van der Waals surface area contributed by atoms with Crippen LogP contribution in [0.3, 0.4) is 0 Å². The number of benzene rings is 1. The molecule has 0 saturated carbocycles. The average molecular weight is 413 g/mol. The molecule has 1 heterocycles. The monoisotopic (exact) mass is 412 g/mol. The summed E-state index contributed by atoms with van der Waals surface area (Å²) in [6.45, 7) is 8.29. The number of hydrogen-bond acceptors (Lipinski definition) is 4. The topological polar surface area (TPSA) is 42.0 Å². The summed E-state index contributed by atoms with van der Waals surface area (Å²) in [5, 5.41) is 0. The number of carbonyl (C=O) groups excluding carboxylic acids is 1. The molecule has 1 aromatic carbocycles. The Kier molecular flexibility index (Phi) is 7.56. The van der Waals surface area contributed by atoms with E-state index in [1.807, 2.05) is 30.9 Å². The van der Waals surface area contributed by atoms with Crippen molar-refractivity contribution in [3.05, 3.63) is 22.2 Å². The van der Waals surface area contributed by atoms with E-state index in [-0.39, 0.29) is 5.92 Å². The zero-order chi connectivity index (χ0) is 18.4. The van der Waals surface area contributed by atoms with Crippen molar-refractivity contribution in [3.63, 3.8) is 0 Å². The lowest BCUT2D eigenvalue weighted by Gasteiger charge is -2.34. The van der Waals surface area contributed by atoms with E-state index in [0.717, 1.165) is 61.4 Å². The van der Waals surface area contributed by atoms with Gasteiger partial charge in [-0.25, -0.2) is 0 Å². The fourth-order valence-corrected chi connectivity index (χ4v) is 3.90. The highest BCUT2D eigenvalue weighted by Gasteiger charge is 2.28. The lowest BCUT2D eigenvalue weighted by Crippen LogP contribution is -2.44. The number of hydrogen-bond donors (Lipinski definition) is 0. The number of likely N-dealkylation sites (tertiary alicyclic amines) is 1. The molecule has 0 N–H and O–H groups in total. The van der Waals surface area contributed by atoms with E-state index in [0.29, 0.717) is 11.7 Å². The molecule has 140 valence electrons. The van der Waals surface area contributed by atoms with Gasteiger partial charge in [0.15, 0.2) is 11.5 Å². The molecule has 1 aromatic rings. The van der Waals surface area contributed by atoms with E-state index in [9.17, 15) is 4.79 Å². The van der Waals surface area contributed by atoms with E-state index in [2.05, 4.69) is 20.8 Å². The van der Waals surface area contributed by atoms with Crippen LogP contribution in [0.4, 0.5) is 0 Å². The van der Waals surface area contributed by atoms with Gasteiger partial charge in [0.25, 0.3) is 0 Å². The predicted molar refractivity (Wildman–Crippen MR) is 103 cm³/mol. The summed E-state index contributed by atoms with van der Waals surface area (Å²) in [6.07, 6.45) is 2.04. The van der Waals surface area contributed by atoms with E-state index >= 15 is 0 Å². The van der Waals surface area contributed by atoms with Crippen LogP contribution in [0.5, 0.6) is 11.5 Å². The van der Waals surface area contributed by atoms with Gasteiger partial charge in [0, 0.05) is 30.7 Å². The first-order valence-electron chi connectivity index (χ1n) is 8.95. The molecule has 2 rings (SSSR count). The third kappa shape index (κ3) is 4.88. The highest BCUT2D eigenvalue weighted by Crippen LogP contribution is 2.34. The standard InChI is InChI=1S/C19H29BrN2O3/c1-5-22(6-2)19(23)14-8-7-9-21(12-14)13-15-10-17(24-3)18(25-4)11-16(15)20/h10-11,14H,5-9,12-13H2,1-4H3/t14-/m1/s1. The van der Waals surface area contributed by atoms with E-state index < -0.39 is 0 Å². The number of rotatable bonds is 7. The first-order chi connectivity index (χ1) is 12.0. The molecule has 1 saturated heterocycles. The van der Waals surface area contributed by atoms with Crippen molar-refractivity contribution in [2.75, 3.05) is 40.4 Å². The van der Waals surface area contributed by atoms with Gasteiger partial charge in [0.05, 0.1) is 20.1 Å². The van der Waals surface area contributed by atoms with Crippen LogP contribution in [0.1, 0.15) is 32.3 Å². The van der Waals surface area contributed by atoms with Crippen LogP contribution >= 0.6 is 15.9 Å². The SMILES string of the molecule is CCN(CC)C(=O)[C@@H]1CCCN(Cc2cc(OC)c(OC)cc2Br)C1. The summed E-state index contributed by atoms with van der Waals surface area (Å²) in [4.78, 5) is 17.0. The number of piperidine rings is 1. The Hall–Kier alpha value is -1.27. The second kappa shape index (κ2) is 9.43. The average Bonchev–Trinajstić information content (AvgIpc) is 2.64.